The van der Waals surface area contributed by atoms with Crippen LogP contribution in [0.15, 0.2) is 122 Å². The molecule has 2 aromatic carbocycles. The van der Waals surface area contributed by atoms with Gasteiger partial charge in [0.1, 0.15) is 0 Å². The van der Waals surface area contributed by atoms with E-state index in [4.69, 9.17) is 10.8 Å². The molecule has 8 N–H and O–H groups in total. The number of rotatable bonds is 10. The van der Waals surface area contributed by atoms with Crippen molar-refractivity contribution in [2.75, 3.05) is 19.7 Å². The van der Waals surface area contributed by atoms with Gasteiger partial charge in [0.05, 0.1) is 22.3 Å². The predicted octanol–water partition coefficient (Wildman–Crippen LogP) is 3.68. The zero-order chi connectivity index (χ0) is 38.3. The van der Waals surface area contributed by atoms with Crippen LogP contribution in [0.3, 0.4) is 0 Å². The highest BCUT2D eigenvalue weighted by Gasteiger charge is 2.34. The van der Waals surface area contributed by atoms with Crippen molar-refractivity contribution in [3.8, 4) is 0 Å². The Morgan fingerprint density at radius 2 is 0.943 bits per heavy atom. The van der Waals surface area contributed by atoms with Crippen molar-refractivity contribution in [1.29, 1.82) is 0 Å². The second kappa shape index (κ2) is 23.5. The molecule has 5 heterocycles. The van der Waals surface area contributed by atoms with Crippen LogP contribution in [0.4, 0.5) is 0 Å². The van der Waals surface area contributed by atoms with Crippen molar-refractivity contribution < 1.29 is 24.3 Å². The Balaban J connectivity index is 0.000000198. The summed E-state index contributed by atoms with van der Waals surface area (Å²) in [5.74, 6) is 7.03. The zero-order valence-corrected chi connectivity index (χ0v) is 29.5. The Kier molecular flexibility index (Phi) is 18.4. The Bertz CT molecular complexity index is 1750. The Labute approximate surface area is 309 Å². The number of nitrogens with two attached hydrogens (primary N) is 3. The smallest absolute Gasteiger partial charge is 0.261 e. The maximum absolute atomic E-state index is 12.1. The van der Waals surface area contributed by atoms with Crippen LogP contribution in [0, 0.1) is 0 Å². The lowest BCUT2D eigenvalue weighted by Gasteiger charge is -2.13. The second-order valence-electron chi connectivity index (χ2n) is 11.5. The van der Waals surface area contributed by atoms with E-state index < -0.39 is 0 Å². The molecule has 0 spiro atoms. The quantitative estimate of drug-likeness (QED) is 0.0796. The molecular formula is C40H46N8O5. The molecule has 5 aromatic rings. The second-order valence-corrected chi connectivity index (χ2v) is 11.5. The number of aliphatic hydroxyl groups is 1. The molecule has 0 bridgehead atoms. The number of aromatic nitrogens is 3. The minimum atomic E-state index is -0.300. The van der Waals surface area contributed by atoms with Crippen LogP contribution < -0.4 is 22.7 Å². The van der Waals surface area contributed by atoms with Crippen LogP contribution in [0.1, 0.15) is 77.4 Å². The van der Waals surface area contributed by atoms with E-state index in [1.54, 1.807) is 67.1 Å². The molecule has 0 aliphatic carbocycles. The summed E-state index contributed by atoms with van der Waals surface area (Å²) >= 11 is 0. The third-order valence-electron chi connectivity index (χ3n) is 7.83. The van der Waals surface area contributed by atoms with Crippen LogP contribution in [-0.2, 0) is 19.3 Å². The minimum Gasteiger partial charge on any atom is -0.396 e. The minimum absolute atomic E-state index is 0.184. The first-order chi connectivity index (χ1) is 25.9. The number of hydrogen-bond acceptors (Lipinski definition) is 11. The van der Waals surface area contributed by atoms with E-state index in [1.165, 1.54) is 16.0 Å². The summed E-state index contributed by atoms with van der Waals surface area (Å²) < 4.78 is 0. The van der Waals surface area contributed by atoms with Crippen LogP contribution in [-0.4, -0.2) is 68.3 Å². The highest BCUT2D eigenvalue weighted by atomic mass is 16.3. The maximum atomic E-state index is 12.1. The molecule has 3 aromatic heterocycles. The number of pyridine rings is 3. The number of hydrogen-bond donors (Lipinski definition) is 5. The first-order valence-electron chi connectivity index (χ1n) is 17.1. The molecule has 0 fully saturated rings. The summed E-state index contributed by atoms with van der Waals surface area (Å²) in [4.78, 5) is 59.5. The summed E-state index contributed by atoms with van der Waals surface area (Å²) in [5.41, 5.74) is 10.9. The third kappa shape index (κ3) is 13.3. The average molecular weight is 719 g/mol. The van der Waals surface area contributed by atoms with E-state index in [0.717, 1.165) is 50.6 Å². The van der Waals surface area contributed by atoms with E-state index in [2.05, 4.69) is 38.0 Å². The molecular weight excluding hydrogens is 672 g/mol. The molecule has 7 rings (SSSR count). The SMILES string of the molecule is NCCCc1cccnc1.NN.O=C1NC(=O)c2ccccc21.O=C1c2ccccc2C(=O)N1CCCc1cccnc1.OCCCc1cccnc1. The number of benzene rings is 2. The largest absolute Gasteiger partial charge is 0.396 e. The molecule has 53 heavy (non-hydrogen) atoms. The maximum Gasteiger partial charge on any atom is 0.261 e. The van der Waals surface area contributed by atoms with Gasteiger partial charge in [0.25, 0.3) is 23.6 Å². The molecule has 13 heteroatoms. The van der Waals surface area contributed by atoms with Gasteiger partial charge in [-0.1, -0.05) is 42.5 Å². The fourth-order valence-corrected chi connectivity index (χ4v) is 5.23. The first kappa shape index (κ1) is 41.4. The summed E-state index contributed by atoms with van der Waals surface area (Å²) in [7, 11) is 0. The van der Waals surface area contributed by atoms with Crippen LogP contribution in [0.5, 0.6) is 0 Å². The highest BCUT2D eigenvalue weighted by molar-refractivity contribution is 6.22. The van der Waals surface area contributed by atoms with Crippen molar-refractivity contribution in [2.45, 2.75) is 38.5 Å². The van der Waals surface area contributed by atoms with Crippen molar-refractivity contribution >= 4 is 23.6 Å². The first-order valence-corrected chi connectivity index (χ1v) is 17.1. The number of imide groups is 2. The predicted molar refractivity (Wildman–Crippen MR) is 202 cm³/mol. The average Bonchev–Trinajstić information content (AvgIpc) is 3.65. The van der Waals surface area contributed by atoms with Gasteiger partial charge < -0.3 is 10.8 Å². The number of amides is 4. The molecule has 276 valence electrons. The van der Waals surface area contributed by atoms with Crippen LogP contribution >= 0.6 is 0 Å². The topological polar surface area (TPSA) is 221 Å². The number of nitrogens with one attached hydrogen (secondary N) is 1. The highest BCUT2D eigenvalue weighted by Crippen LogP contribution is 2.22. The summed E-state index contributed by atoms with van der Waals surface area (Å²) in [6.07, 6.45) is 16.2. The normalized spacial score (nSPS) is 12.0. The van der Waals surface area contributed by atoms with E-state index in [0.29, 0.717) is 28.8 Å². The molecule has 0 radical (unpaired) electrons. The standard InChI is InChI=1S/C16H14N2O2.C8H12N2.C8H5NO2.C8H11NO.H4N2/c19-15-13-7-1-2-8-14(13)16(20)18(15)10-4-6-12-5-3-9-17-11-12;9-5-1-3-8-4-2-6-10-7-8;10-7-5-3-1-2-4-6(5)8(11)9-7;10-6-2-4-8-3-1-5-9-7-8;1-2/h1-3,5,7-9,11H,4,6,10H2;2,4,6-7H,1,3,5,9H2;1-4H,(H,9,10,11);1,3,5,7,10H,2,4,6H2;1-2H2. The van der Waals surface area contributed by atoms with Gasteiger partial charge in [-0.25, -0.2) is 0 Å². The van der Waals surface area contributed by atoms with Crippen LogP contribution in [0.25, 0.3) is 0 Å². The number of carbonyl (C=O) groups excluding carboxylic acids is 4. The Hall–Kier alpha value is -5.99. The third-order valence-corrected chi connectivity index (χ3v) is 7.83. The number of aryl methyl sites for hydroxylation is 3. The number of nitrogens with zero attached hydrogens (tertiary/aromatic N) is 4. The number of carbonyl (C=O) groups is 4. The molecule has 0 unspecified atom stereocenters. The number of fused-ring (bicyclic) bond motifs is 2. The van der Waals surface area contributed by atoms with Gasteiger partial charge in [-0.2, -0.15) is 0 Å². The van der Waals surface area contributed by atoms with E-state index in [-0.39, 0.29) is 30.2 Å². The Morgan fingerprint density at radius 1 is 0.547 bits per heavy atom. The van der Waals surface area contributed by atoms with Gasteiger partial charge in [-0.3, -0.25) is 56.0 Å². The molecule has 13 nitrogen and oxygen atoms in total. The number of aliphatic hydroxyl groups excluding tert-OH is 1. The summed E-state index contributed by atoms with van der Waals surface area (Å²) in [6, 6.07) is 25.5. The molecule has 2 aliphatic rings. The van der Waals surface area contributed by atoms with Gasteiger partial charge in [0.2, 0.25) is 0 Å². The Morgan fingerprint density at radius 3 is 1.32 bits per heavy atom. The van der Waals surface area contributed by atoms with Crippen molar-refractivity contribution in [3.05, 3.63) is 161 Å². The molecule has 2 aliphatic heterocycles. The van der Waals surface area contributed by atoms with Crippen LogP contribution in [0.2, 0.25) is 0 Å². The summed E-state index contributed by atoms with van der Waals surface area (Å²) in [6.45, 7) is 1.46. The molecule has 0 saturated heterocycles. The van der Waals surface area contributed by atoms with Gasteiger partial charge in [-0.05, 0) is 104 Å². The molecule has 4 amide bonds. The van der Waals surface area contributed by atoms with Gasteiger partial charge >= 0.3 is 0 Å². The van der Waals surface area contributed by atoms with E-state index in [1.807, 2.05) is 48.9 Å². The van der Waals surface area contributed by atoms with Crippen molar-refractivity contribution in [2.24, 2.45) is 17.4 Å². The lowest BCUT2D eigenvalue weighted by molar-refractivity contribution is 0.0651. The monoisotopic (exact) mass is 718 g/mol. The summed E-state index contributed by atoms with van der Waals surface area (Å²) in [5, 5.41) is 10.7. The molecule has 0 saturated carbocycles. The van der Waals surface area contributed by atoms with Gasteiger partial charge in [-0.15, -0.1) is 0 Å². The fraction of sp³-hybridized carbons (Fsp3) is 0.225. The van der Waals surface area contributed by atoms with Gasteiger partial charge in [0.15, 0.2) is 0 Å². The van der Waals surface area contributed by atoms with E-state index >= 15 is 0 Å². The fourth-order valence-electron chi connectivity index (χ4n) is 5.23. The zero-order valence-electron chi connectivity index (χ0n) is 29.5. The van der Waals surface area contributed by atoms with Crippen molar-refractivity contribution in [1.82, 2.24) is 25.2 Å². The van der Waals surface area contributed by atoms with Crippen molar-refractivity contribution in [3.63, 3.8) is 0 Å². The van der Waals surface area contributed by atoms with Gasteiger partial charge in [0, 0.05) is 50.3 Å². The number of hydrazine groups is 1. The molecule has 0 atom stereocenters. The van der Waals surface area contributed by atoms with E-state index in [9.17, 15) is 19.2 Å². The lowest BCUT2D eigenvalue weighted by Crippen LogP contribution is -2.30. The lowest BCUT2D eigenvalue weighted by atomic mass is 10.1.